The zero-order valence-electron chi connectivity index (χ0n) is 11.5. The van der Waals surface area contributed by atoms with Crippen LogP contribution in [0.5, 0.6) is 0 Å². The fourth-order valence-corrected chi connectivity index (χ4v) is 3.04. The molecule has 7 heteroatoms. The van der Waals surface area contributed by atoms with E-state index >= 15 is 0 Å². The quantitative estimate of drug-likeness (QED) is 0.946. The number of aromatic nitrogens is 2. The first-order valence-corrected chi connectivity index (χ1v) is 7.62. The minimum absolute atomic E-state index is 0.143. The van der Waals surface area contributed by atoms with Crippen molar-refractivity contribution >= 4 is 28.1 Å². The molecule has 21 heavy (non-hydrogen) atoms. The first kappa shape index (κ1) is 13.9. The monoisotopic (exact) mass is 306 g/mol. The molecule has 1 N–H and O–H groups in total. The van der Waals surface area contributed by atoms with Crippen molar-refractivity contribution in [2.45, 2.75) is 25.8 Å². The molecule has 1 unspecified atom stereocenters. The third-order valence-corrected chi connectivity index (χ3v) is 4.24. The predicted octanol–water partition coefficient (Wildman–Crippen LogP) is 2.46. The van der Waals surface area contributed by atoms with E-state index in [2.05, 4.69) is 22.4 Å². The van der Waals surface area contributed by atoms with Crippen LogP contribution in [0.4, 0.5) is 15.2 Å². The van der Waals surface area contributed by atoms with E-state index in [1.807, 2.05) is 4.90 Å². The van der Waals surface area contributed by atoms with Gasteiger partial charge in [0.2, 0.25) is 11.0 Å². The minimum Gasteiger partial charge on any atom is -0.359 e. The largest absolute Gasteiger partial charge is 0.359 e. The van der Waals surface area contributed by atoms with Crippen LogP contribution in [0.25, 0.3) is 0 Å². The second-order valence-corrected chi connectivity index (χ2v) is 5.91. The fourth-order valence-electron chi connectivity index (χ4n) is 2.57. The van der Waals surface area contributed by atoms with E-state index < -0.39 is 0 Å². The van der Waals surface area contributed by atoms with Gasteiger partial charge in [-0.25, -0.2) is 4.39 Å². The van der Waals surface area contributed by atoms with E-state index in [9.17, 15) is 9.18 Å². The Morgan fingerprint density at radius 3 is 3.19 bits per heavy atom. The maximum Gasteiger partial charge on any atom is 0.245 e. The molecular weight excluding hydrogens is 291 g/mol. The molecule has 0 aliphatic carbocycles. The molecule has 0 saturated carbocycles. The molecule has 0 spiro atoms. The highest BCUT2D eigenvalue weighted by Gasteiger charge is 2.25. The molecule has 1 aromatic heterocycles. The number of aryl methyl sites for hydroxylation is 1. The Kier molecular flexibility index (Phi) is 3.83. The van der Waals surface area contributed by atoms with Gasteiger partial charge in [0.15, 0.2) is 0 Å². The van der Waals surface area contributed by atoms with Gasteiger partial charge in [-0.3, -0.25) is 10.1 Å². The first-order valence-electron chi connectivity index (χ1n) is 6.74. The van der Waals surface area contributed by atoms with Gasteiger partial charge in [-0.2, -0.15) is 0 Å². The molecule has 2 aromatic rings. The Morgan fingerprint density at radius 1 is 1.57 bits per heavy atom. The second-order valence-electron chi connectivity index (χ2n) is 5.08. The second kappa shape index (κ2) is 5.77. The number of amides is 1. The minimum atomic E-state index is -0.235. The fraction of sp³-hybridized carbons (Fsp3) is 0.357. The summed E-state index contributed by atoms with van der Waals surface area (Å²) in [5, 5.41) is 10.7. The molecule has 1 aliphatic rings. The average molecular weight is 306 g/mol. The Labute approximate surface area is 125 Å². The van der Waals surface area contributed by atoms with E-state index in [0.717, 1.165) is 24.1 Å². The number of nitrogens with zero attached hydrogens (tertiary/aromatic N) is 3. The van der Waals surface area contributed by atoms with Crippen molar-refractivity contribution in [1.29, 1.82) is 0 Å². The van der Waals surface area contributed by atoms with Gasteiger partial charge in [0.1, 0.15) is 11.3 Å². The van der Waals surface area contributed by atoms with Gasteiger partial charge >= 0.3 is 0 Å². The van der Waals surface area contributed by atoms with E-state index in [0.29, 0.717) is 5.13 Å². The number of benzene rings is 1. The molecule has 0 radical (unpaired) electrons. The Hall–Kier alpha value is -2.02. The highest BCUT2D eigenvalue weighted by Crippen LogP contribution is 2.31. The summed E-state index contributed by atoms with van der Waals surface area (Å²) in [5.41, 5.74) is 3.45. The number of anilines is 2. The SMILES string of the molecule is CC1CCc2cc(F)ccc2N1CC(=O)Nc1nncs1. The van der Waals surface area contributed by atoms with E-state index in [-0.39, 0.29) is 24.3 Å². The highest BCUT2D eigenvalue weighted by molar-refractivity contribution is 7.13. The lowest BCUT2D eigenvalue weighted by Crippen LogP contribution is -2.42. The Morgan fingerprint density at radius 2 is 2.43 bits per heavy atom. The van der Waals surface area contributed by atoms with Crippen LogP contribution in [0.15, 0.2) is 23.7 Å². The van der Waals surface area contributed by atoms with Crippen LogP contribution in [0.1, 0.15) is 18.9 Å². The molecule has 0 saturated heterocycles. The van der Waals surface area contributed by atoms with Crippen LogP contribution < -0.4 is 10.2 Å². The van der Waals surface area contributed by atoms with Crippen molar-refractivity contribution in [2.24, 2.45) is 0 Å². The standard InChI is InChI=1S/C14H15FN4OS/c1-9-2-3-10-6-11(15)4-5-12(10)19(9)7-13(20)17-14-18-16-8-21-14/h4-6,8-9H,2-3,7H2,1H3,(H,17,18,20). The third kappa shape index (κ3) is 3.02. The number of nitrogens with one attached hydrogen (secondary N) is 1. The van der Waals surface area contributed by atoms with Crippen molar-refractivity contribution in [3.05, 3.63) is 35.1 Å². The lowest BCUT2D eigenvalue weighted by molar-refractivity contribution is -0.115. The van der Waals surface area contributed by atoms with Gasteiger partial charge in [0, 0.05) is 11.7 Å². The number of hydrogen-bond donors (Lipinski definition) is 1. The van der Waals surface area contributed by atoms with Crippen molar-refractivity contribution < 1.29 is 9.18 Å². The predicted molar refractivity (Wildman–Crippen MR) is 80.1 cm³/mol. The summed E-state index contributed by atoms with van der Waals surface area (Å²) in [7, 11) is 0. The summed E-state index contributed by atoms with van der Waals surface area (Å²) in [4.78, 5) is 14.1. The van der Waals surface area contributed by atoms with Gasteiger partial charge in [-0.05, 0) is 43.5 Å². The van der Waals surface area contributed by atoms with E-state index in [1.54, 1.807) is 17.6 Å². The summed E-state index contributed by atoms with van der Waals surface area (Å²) in [6, 6.07) is 4.98. The van der Waals surface area contributed by atoms with Crippen molar-refractivity contribution in [2.75, 3.05) is 16.8 Å². The summed E-state index contributed by atoms with van der Waals surface area (Å²) < 4.78 is 13.3. The maximum absolute atomic E-state index is 13.3. The molecule has 2 heterocycles. The molecule has 1 amide bonds. The molecule has 1 aliphatic heterocycles. The zero-order valence-corrected chi connectivity index (χ0v) is 12.4. The van der Waals surface area contributed by atoms with Crippen LogP contribution in [-0.2, 0) is 11.2 Å². The molecular formula is C14H15FN4OS. The maximum atomic E-state index is 13.3. The number of fused-ring (bicyclic) bond motifs is 1. The topological polar surface area (TPSA) is 58.1 Å². The highest BCUT2D eigenvalue weighted by atomic mass is 32.1. The molecule has 3 rings (SSSR count). The van der Waals surface area contributed by atoms with Gasteiger partial charge in [0.05, 0.1) is 6.54 Å². The van der Waals surface area contributed by atoms with Crippen LogP contribution in [0, 0.1) is 5.82 Å². The summed E-state index contributed by atoms with van der Waals surface area (Å²) in [5.74, 6) is -0.377. The Balaban J connectivity index is 1.77. The van der Waals surface area contributed by atoms with Gasteiger partial charge < -0.3 is 4.90 Å². The third-order valence-electron chi connectivity index (χ3n) is 3.63. The number of rotatable bonds is 3. The van der Waals surface area contributed by atoms with Crippen LogP contribution >= 0.6 is 11.3 Å². The lowest BCUT2D eigenvalue weighted by Gasteiger charge is -2.36. The number of halogens is 1. The van der Waals surface area contributed by atoms with E-state index in [1.165, 1.54) is 17.4 Å². The van der Waals surface area contributed by atoms with Gasteiger partial charge in [0.25, 0.3) is 0 Å². The van der Waals surface area contributed by atoms with Crippen molar-refractivity contribution in [1.82, 2.24) is 10.2 Å². The molecule has 1 aromatic carbocycles. The lowest BCUT2D eigenvalue weighted by atomic mass is 9.96. The van der Waals surface area contributed by atoms with Crippen LogP contribution in [0.3, 0.4) is 0 Å². The zero-order chi connectivity index (χ0) is 14.8. The summed E-state index contributed by atoms with van der Waals surface area (Å²) in [6.45, 7) is 2.30. The van der Waals surface area contributed by atoms with Gasteiger partial charge in [-0.15, -0.1) is 10.2 Å². The van der Waals surface area contributed by atoms with Gasteiger partial charge in [-0.1, -0.05) is 11.3 Å². The van der Waals surface area contributed by atoms with Crippen molar-refractivity contribution in [3.63, 3.8) is 0 Å². The first-order chi connectivity index (χ1) is 10.1. The number of carbonyl (C=O) groups excluding carboxylic acids is 1. The Bertz CT molecular complexity index is 646. The summed E-state index contributed by atoms with van der Waals surface area (Å²) in [6.07, 6.45) is 1.74. The number of hydrogen-bond acceptors (Lipinski definition) is 5. The van der Waals surface area contributed by atoms with E-state index in [4.69, 9.17) is 0 Å². The van der Waals surface area contributed by atoms with Crippen LogP contribution in [0.2, 0.25) is 0 Å². The molecule has 110 valence electrons. The smallest absolute Gasteiger partial charge is 0.245 e. The average Bonchev–Trinajstić information content (AvgIpc) is 2.95. The summed E-state index contributed by atoms with van der Waals surface area (Å²) >= 11 is 1.28. The molecule has 0 bridgehead atoms. The molecule has 1 atom stereocenters. The normalized spacial score (nSPS) is 17.4. The molecule has 0 fully saturated rings. The van der Waals surface area contributed by atoms with Crippen molar-refractivity contribution in [3.8, 4) is 0 Å². The molecule has 5 nitrogen and oxygen atoms in total. The van der Waals surface area contributed by atoms with Crippen LogP contribution in [-0.4, -0.2) is 28.7 Å². The number of carbonyl (C=O) groups is 1.